The maximum absolute atomic E-state index is 5.35. The first-order valence-corrected chi connectivity index (χ1v) is 5.39. The Balaban J connectivity index is 2.54. The Labute approximate surface area is 101 Å². The van der Waals surface area contributed by atoms with Crippen LogP contribution in [0.2, 0.25) is 0 Å². The summed E-state index contributed by atoms with van der Waals surface area (Å²) >= 11 is 0. The van der Waals surface area contributed by atoms with Gasteiger partial charge >= 0.3 is 0 Å². The second-order valence-electron chi connectivity index (χ2n) is 3.74. The van der Waals surface area contributed by atoms with Crippen molar-refractivity contribution in [2.24, 2.45) is 0 Å². The number of nitrogens with zero attached hydrogens (tertiary/aromatic N) is 2. The average Bonchev–Trinajstić information content (AvgIpc) is 2.39. The van der Waals surface area contributed by atoms with E-state index < -0.39 is 0 Å². The van der Waals surface area contributed by atoms with E-state index in [1.54, 1.807) is 13.4 Å². The highest BCUT2D eigenvalue weighted by Crippen LogP contribution is 2.29. The molecule has 0 atom stereocenters. The van der Waals surface area contributed by atoms with Crippen molar-refractivity contribution in [3.63, 3.8) is 0 Å². The number of benzene rings is 1. The number of aryl methyl sites for hydroxylation is 1. The van der Waals surface area contributed by atoms with Gasteiger partial charge in [-0.25, -0.2) is 9.97 Å². The van der Waals surface area contributed by atoms with E-state index in [2.05, 4.69) is 21.4 Å². The summed E-state index contributed by atoms with van der Waals surface area (Å²) in [4.78, 5) is 8.37. The van der Waals surface area contributed by atoms with Gasteiger partial charge in [0.15, 0.2) is 0 Å². The Bertz CT molecular complexity index is 526. The van der Waals surface area contributed by atoms with E-state index in [0.29, 0.717) is 0 Å². The first-order valence-electron chi connectivity index (χ1n) is 5.39. The lowest BCUT2D eigenvalue weighted by molar-refractivity contribution is 0.416. The van der Waals surface area contributed by atoms with Crippen LogP contribution in [-0.4, -0.2) is 24.1 Å². The molecule has 17 heavy (non-hydrogen) atoms. The Hall–Kier alpha value is -2.10. The fraction of sp³-hybridized carbons (Fsp3) is 0.231. The van der Waals surface area contributed by atoms with Gasteiger partial charge in [-0.05, 0) is 19.1 Å². The van der Waals surface area contributed by atoms with E-state index in [0.717, 1.165) is 22.8 Å². The Morgan fingerprint density at radius 1 is 1.18 bits per heavy atom. The van der Waals surface area contributed by atoms with Crippen molar-refractivity contribution in [2.45, 2.75) is 6.92 Å². The molecule has 0 saturated carbocycles. The molecule has 2 aromatic rings. The molecule has 0 aliphatic heterocycles. The standard InChI is InChI=1S/C13H15N3O/c1-9-4-5-12(17-3)10(6-9)11-7-13(14-2)16-8-15-11/h4-8H,1-3H3,(H,14,15,16). The van der Waals surface area contributed by atoms with Crippen LogP contribution < -0.4 is 10.1 Å². The maximum Gasteiger partial charge on any atom is 0.129 e. The predicted molar refractivity (Wildman–Crippen MR) is 68.3 cm³/mol. The van der Waals surface area contributed by atoms with Gasteiger partial charge in [0.05, 0.1) is 12.8 Å². The van der Waals surface area contributed by atoms with Gasteiger partial charge in [0, 0.05) is 18.7 Å². The lowest BCUT2D eigenvalue weighted by Gasteiger charge is -2.09. The van der Waals surface area contributed by atoms with Crippen LogP contribution in [0.5, 0.6) is 5.75 Å². The molecule has 0 fully saturated rings. The first kappa shape index (κ1) is 11.4. The minimum absolute atomic E-state index is 0.790. The number of methoxy groups -OCH3 is 1. The van der Waals surface area contributed by atoms with Crippen molar-refractivity contribution in [3.8, 4) is 17.0 Å². The average molecular weight is 229 g/mol. The zero-order valence-electron chi connectivity index (χ0n) is 10.2. The van der Waals surface area contributed by atoms with Crippen LogP contribution in [0.25, 0.3) is 11.3 Å². The molecule has 1 heterocycles. The van der Waals surface area contributed by atoms with Crippen LogP contribution in [0.4, 0.5) is 5.82 Å². The Kier molecular flexibility index (Phi) is 3.23. The highest BCUT2D eigenvalue weighted by atomic mass is 16.5. The van der Waals surface area contributed by atoms with Crippen molar-refractivity contribution in [1.82, 2.24) is 9.97 Å². The van der Waals surface area contributed by atoms with E-state index in [4.69, 9.17) is 4.74 Å². The molecule has 0 unspecified atom stereocenters. The second-order valence-corrected chi connectivity index (χ2v) is 3.74. The maximum atomic E-state index is 5.35. The smallest absolute Gasteiger partial charge is 0.129 e. The predicted octanol–water partition coefficient (Wildman–Crippen LogP) is 2.50. The van der Waals surface area contributed by atoms with Crippen LogP contribution in [0.1, 0.15) is 5.56 Å². The molecule has 0 aliphatic carbocycles. The van der Waals surface area contributed by atoms with Crippen LogP contribution in [-0.2, 0) is 0 Å². The molecular formula is C13H15N3O. The second kappa shape index (κ2) is 4.82. The third-order valence-electron chi connectivity index (χ3n) is 2.55. The van der Waals surface area contributed by atoms with Gasteiger partial charge in [-0.15, -0.1) is 0 Å². The van der Waals surface area contributed by atoms with Gasteiger partial charge < -0.3 is 10.1 Å². The summed E-state index contributed by atoms with van der Waals surface area (Å²) in [5.74, 6) is 1.61. The third kappa shape index (κ3) is 2.36. The normalized spacial score (nSPS) is 10.1. The fourth-order valence-corrected chi connectivity index (χ4v) is 1.66. The highest BCUT2D eigenvalue weighted by Gasteiger charge is 2.08. The number of ether oxygens (including phenoxy) is 1. The zero-order chi connectivity index (χ0) is 12.3. The van der Waals surface area contributed by atoms with E-state index in [1.807, 2.05) is 32.2 Å². The van der Waals surface area contributed by atoms with Gasteiger partial charge in [0.2, 0.25) is 0 Å². The molecule has 0 bridgehead atoms. The van der Waals surface area contributed by atoms with Crippen molar-refractivity contribution in [3.05, 3.63) is 36.2 Å². The minimum Gasteiger partial charge on any atom is -0.496 e. The summed E-state index contributed by atoms with van der Waals surface area (Å²) < 4.78 is 5.35. The van der Waals surface area contributed by atoms with E-state index in [-0.39, 0.29) is 0 Å². The summed E-state index contributed by atoms with van der Waals surface area (Å²) in [6.07, 6.45) is 1.54. The number of hydrogen-bond donors (Lipinski definition) is 1. The van der Waals surface area contributed by atoms with Gasteiger partial charge in [-0.1, -0.05) is 11.6 Å². The molecule has 0 aliphatic rings. The quantitative estimate of drug-likeness (QED) is 0.878. The van der Waals surface area contributed by atoms with Gasteiger partial charge in [0.1, 0.15) is 17.9 Å². The van der Waals surface area contributed by atoms with Crippen molar-refractivity contribution in [2.75, 3.05) is 19.5 Å². The van der Waals surface area contributed by atoms with Gasteiger partial charge in [0.25, 0.3) is 0 Å². The molecule has 4 heteroatoms. The summed E-state index contributed by atoms with van der Waals surface area (Å²) in [5.41, 5.74) is 3.00. The molecular weight excluding hydrogens is 214 g/mol. The zero-order valence-corrected chi connectivity index (χ0v) is 10.2. The SMILES string of the molecule is CNc1cc(-c2cc(C)ccc2OC)ncn1. The van der Waals surface area contributed by atoms with Crippen molar-refractivity contribution in [1.29, 1.82) is 0 Å². The topological polar surface area (TPSA) is 47.0 Å². The molecule has 0 radical (unpaired) electrons. The molecule has 0 saturated heterocycles. The summed E-state index contributed by atoms with van der Waals surface area (Å²) in [6.45, 7) is 2.04. The first-order chi connectivity index (χ1) is 8.24. The number of aromatic nitrogens is 2. The lowest BCUT2D eigenvalue weighted by atomic mass is 10.1. The number of anilines is 1. The summed E-state index contributed by atoms with van der Waals surface area (Å²) in [5, 5.41) is 3.00. The summed E-state index contributed by atoms with van der Waals surface area (Å²) in [6, 6.07) is 7.92. The number of rotatable bonds is 3. The molecule has 4 nitrogen and oxygen atoms in total. The van der Waals surface area contributed by atoms with E-state index >= 15 is 0 Å². The van der Waals surface area contributed by atoms with Crippen LogP contribution in [0.15, 0.2) is 30.6 Å². The molecule has 88 valence electrons. The summed E-state index contributed by atoms with van der Waals surface area (Å²) in [7, 11) is 3.49. The van der Waals surface area contributed by atoms with Gasteiger partial charge in [-0.2, -0.15) is 0 Å². The molecule has 1 aromatic carbocycles. The van der Waals surface area contributed by atoms with E-state index in [9.17, 15) is 0 Å². The van der Waals surface area contributed by atoms with Crippen LogP contribution in [0.3, 0.4) is 0 Å². The van der Waals surface area contributed by atoms with Crippen molar-refractivity contribution < 1.29 is 4.74 Å². The molecule has 1 aromatic heterocycles. The monoisotopic (exact) mass is 229 g/mol. The Morgan fingerprint density at radius 3 is 2.71 bits per heavy atom. The Morgan fingerprint density at radius 2 is 2.00 bits per heavy atom. The molecule has 1 N–H and O–H groups in total. The van der Waals surface area contributed by atoms with Crippen molar-refractivity contribution >= 4 is 5.82 Å². The molecule has 0 amide bonds. The molecule has 2 rings (SSSR count). The molecule has 0 spiro atoms. The lowest BCUT2D eigenvalue weighted by Crippen LogP contribution is -1.96. The van der Waals surface area contributed by atoms with Crippen LogP contribution in [0, 0.1) is 6.92 Å². The number of nitrogens with one attached hydrogen (secondary N) is 1. The van der Waals surface area contributed by atoms with Crippen LogP contribution >= 0.6 is 0 Å². The van der Waals surface area contributed by atoms with E-state index in [1.165, 1.54) is 5.56 Å². The fourth-order valence-electron chi connectivity index (χ4n) is 1.66. The highest BCUT2D eigenvalue weighted by molar-refractivity contribution is 5.69. The third-order valence-corrected chi connectivity index (χ3v) is 2.55. The number of hydrogen-bond acceptors (Lipinski definition) is 4. The minimum atomic E-state index is 0.790. The van der Waals surface area contributed by atoms with Gasteiger partial charge in [-0.3, -0.25) is 0 Å². The largest absolute Gasteiger partial charge is 0.496 e.